The molecule has 3 atom stereocenters. The molecule has 2 amide bonds. The van der Waals surface area contributed by atoms with E-state index in [0.717, 1.165) is 22.0 Å². The van der Waals surface area contributed by atoms with Gasteiger partial charge in [0, 0.05) is 41.1 Å². The Bertz CT molecular complexity index is 1300. The molecule has 0 aliphatic carbocycles. The van der Waals surface area contributed by atoms with E-state index in [1.165, 1.54) is 4.90 Å². The highest BCUT2D eigenvalue weighted by Gasteiger charge is 2.41. The first kappa shape index (κ1) is 24.5. The second kappa shape index (κ2) is 10.8. The van der Waals surface area contributed by atoms with Gasteiger partial charge in [-0.15, -0.1) is 0 Å². The van der Waals surface area contributed by atoms with Crippen molar-refractivity contribution in [1.29, 1.82) is 0 Å². The van der Waals surface area contributed by atoms with Gasteiger partial charge in [0.1, 0.15) is 17.3 Å². The lowest BCUT2D eigenvalue weighted by Gasteiger charge is -2.23. The average Bonchev–Trinajstić information content (AvgIpc) is 3.53. The molecule has 0 radical (unpaired) electrons. The van der Waals surface area contributed by atoms with Gasteiger partial charge in [-0.3, -0.25) is 14.7 Å². The maximum Gasteiger partial charge on any atom is 0.410 e. The molecule has 1 N–H and O–H groups in total. The van der Waals surface area contributed by atoms with Crippen LogP contribution in [0.2, 0.25) is 5.02 Å². The SMILES string of the molecule is O=C(NC[C@@H]1CC(Br)=NO1)[C@@H]1C[C@@H](c2ccc(Cl)cc2)CN1C(=O)OCc1cnc2ccccc2c1. The summed E-state index contributed by atoms with van der Waals surface area (Å²) in [7, 11) is 0. The molecule has 5 rings (SSSR count). The van der Waals surface area contributed by atoms with Crippen molar-refractivity contribution in [1.82, 2.24) is 15.2 Å². The van der Waals surface area contributed by atoms with Crippen LogP contribution in [0.5, 0.6) is 0 Å². The van der Waals surface area contributed by atoms with Crippen LogP contribution in [-0.2, 0) is 21.0 Å². The summed E-state index contributed by atoms with van der Waals surface area (Å²) >= 11 is 9.35. The van der Waals surface area contributed by atoms with E-state index >= 15 is 0 Å². The smallest absolute Gasteiger partial charge is 0.410 e. The molecule has 3 heterocycles. The van der Waals surface area contributed by atoms with E-state index < -0.39 is 12.1 Å². The lowest BCUT2D eigenvalue weighted by atomic mass is 9.96. The third-order valence-electron chi connectivity index (χ3n) is 6.39. The van der Waals surface area contributed by atoms with E-state index in [9.17, 15) is 9.59 Å². The molecular weight excluding hydrogens is 548 g/mol. The fraction of sp³-hybridized carbons (Fsp3) is 0.308. The first-order chi connectivity index (χ1) is 17.5. The van der Waals surface area contributed by atoms with Crippen LogP contribution in [0.25, 0.3) is 10.9 Å². The van der Waals surface area contributed by atoms with E-state index in [-0.39, 0.29) is 24.5 Å². The quantitative estimate of drug-likeness (QED) is 0.450. The molecule has 2 aromatic carbocycles. The van der Waals surface area contributed by atoms with Crippen LogP contribution in [-0.4, -0.2) is 51.7 Å². The summed E-state index contributed by atoms with van der Waals surface area (Å²) in [4.78, 5) is 37.5. The van der Waals surface area contributed by atoms with Crippen LogP contribution in [0.1, 0.15) is 29.9 Å². The predicted octanol–water partition coefficient (Wildman–Crippen LogP) is 5.00. The third kappa shape index (κ3) is 5.63. The largest absolute Gasteiger partial charge is 0.444 e. The number of hydrogen-bond acceptors (Lipinski definition) is 6. The number of ether oxygens (including phenoxy) is 1. The zero-order valence-electron chi connectivity index (χ0n) is 19.3. The summed E-state index contributed by atoms with van der Waals surface area (Å²) < 4.78 is 6.34. The number of pyridine rings is 1. The number of para-hydroxylation sites is 1. The molecular formula is C26H24BrClN4O4. The van der Waals surface area contributed by atoms with E-state index in [1.54, 1.807) is 6.20 Å². The van der Waals surface area contributed by atoms with Crippen molar-refractivity contribution in [2.24, 2.45) is 5.16 Å². The highest BCUT2D eigenvalue weighted by molar-refractivity contribution is 9.18. The Morgan fingerprint density at radius 1 is 1.19 bits per heavy atom. The lowest BCUT2D eigenvalue weighted by Crippen LogP contribution is -2.47. The summed E-state index contributed by atoms with van der Waals surface area (Å²) in [6, 6.07) is 16.5. The van der Waals surface area contributed by atoms with E-state index in [1.807, 2.05) is 54.6 Å². The summed E-state index contributed by atoms with van der Waals surface area (Å²) in [5, 5.41) is 8.36. The minimum Gasteiger partial charge on any atom is -0.444 e. The second-order valence-corrected chi connectivity index (χ2v) is 10.2. The number of rotatable bonds is 6. The highest BCUT2D eigenvalue weighted by Crippen LogP contribution is 2.33. The highest BCUT2D eigenvalue weighted by atomic mass is 79.9. The van der Waals surface area contributed by atoms with Crippen molar-refractivity contribution in [2.45, 2.75) is 37.5 Å². The molecule has 0 spiro atoms. The number of nitrogens with one attached hydrogen (secondary N) is 1. The van der Waals surface area contributed by atoms with Gasteiger partial charge in [-0.1, -0.05) is 47.1 Å². The second-order valence-electron chi connectivity index (χ2n) is 8.89. The Labute approximate surface area is 221 Å². The average molecular weight is 572 g/mol. The fourth-order valence-electron chi connectivity index (χ4n) is 4.52. The number of carbonyl (C=O) groups is 2. The van der Waals surface area contributed by atoms with Crippen molar-refractivity contribution in [2.75, 3.05) is 13.1 Å². The Balaban J connectivity index is 1.27. The molecule has 10 heteroatoms. The minimum absolute atomic E-state index is 0.0203. The van der Waals surface area contributed by atoms with Gasteiger partial charge in [-0.25, -0.2) is 4.79 Å². The van der Waals surface area contributed by atoms with E-state index in [4.69, 9.17) is 21.2 Å². The van der Waals surface area contributed by atoms with Crippen LogP contribution in [0.15, 0.2) is 65.9 Å². The fourth-order valence-corrected chi connectivity index (χ4v) is 5.09. The zero-order valence-corrected chi connectivity index (χ0v) is 21.6. The number of nitrogens with zero attached hydrogens (tertiary/aromatic N) is 3. The first-order valence-electron chi connectivity index (χ1n) is 11.6. The number of fused-ring (bicyclic) bond motifs is 1. The monoisotopic (exact) mass is 570 g/mol. The molecule has 1 fully saturated rings. The van der Waals surface area contributed by atoms with Gasteiger partial charge in [-0.2, -0.15) is 0 Å². The summed E-state index contributed by atoms with van der Waals surface area (Å²) in [5.41, 5.74) is 2.67. The van der Waals surface area contributed by atoms with Crippen LogP contribution in [0.4, 0.5) is 4.79 Å². The number of carbonyl (C=O) groups excluding carboxylic acids is 2. The maximum absolute atomic E-state index is 13.2. The molecule has 2 aliphatic heterocycles. The molecule has 8 nitrogen and oxygen atoms in total. The van der Waals surface area contributed by atoms with Gasteiger partial charge in [-0.05, 0) is 52.2 Å². The number of likely N-dealkylation sites (tertiary alicyclic amines) is 1. The van der Waals surface area contributed by atoms with Crippen molar-refractivity contribution >= 4 is 55.1 Å². The Morgan fingerprint density at radius 3 is 2.78 bits per heavy atom. The summed E-state index contributed by atoms with van der Waals surface area (Å²) in [5.74, 6) is -0.268. The number of amides is 2. The molecule has 3 aromatic rings. The topological polar surface area (TPSA) is 93.1 Å². The van der Waals surface area contributed by atoms with E-state index in [0.29, 0.717) is 35.6 Å². The Hall–Kier alpha value is -3.17. The van der Waals surface area contributed by atoms with Gasteiger partial charge >= 0.3 is 6.09 Å². The van der Waals surface area contributed by atoms with Crippen molar-refractivity contribution in [3.63, 3.8) is 0 Å². The normalized spacial score (nSPS) is 21.2. The van der Waals surface area contributed by atoms with Crippen molar-refractivity contribution in [3.05, 3.63) is 76.9 Å². The third-order valence-corrected chi connectivity index (χ3v) is 7.11. The molecule has 36 heavy (non-hydrogen) atoms. The standard InChI is InChI=1S/C26H24BrClN4O4/c27-24-11-21(36-31-24)13-30-25(33)23-10-19(17-5-7-20(28)8-6-17)14-32(23)26(34)35-15-16-9-18-3-1-2-4-22(18)29-12-16/h1-9,12,19,21,23H,10-11,13-15H2,(H,30,33)/t19-,21+,23+/m1/s1. The van der Waals surface area contributed by atoms with Gasteiger partial charge in [0.15, 0.2) is 6.10 Å². The Morgan fingerprint density at radius 2 is 2.00 bits per heavy atom. The van der Waals surface area contributed by atoms with Crippen LogP contribution >= 0.6 is 27.5 Å². The van der Waals surface area contributed by atoms with Crippen LogP contribution < -0.4 is 5.32 Å². The molecule has 2 aliphatic rings. The molecule has 0 saturated carbocycles. The van der Waals surface area contributed by atoms with Crippen LogP contribution in [0.3, 0.4) is 0 Å². The number of oxime groups is 1. The number of halogens is 2. The lowest BCUT2D eigenvalue weighted by molar-refractivity contribution is -0.125. The zero-order chi connectivity index (χ0) is 25.1. The maximum atomic E-state index is 13.2. The first-order valence-corrected chi connectivity index (χ1v) is 12.8. The minimum atomic E-state index is -0.668. The number of hydrogen-bond donors (Lipinski definition) is 1. The number of benzene rings is 2. The summed E-state index contributed by atoms with van der Waals surface area (Å²) in [6.45, 7) is 0.725. The molecule has 1 aromatic heterocycles. The molecule has 1 saturated heterocycles. The van der Waals surface area contributed by atoms with Gasteiger partial charge in [0.25, 0.3) is 0 Å². The van der Waals surface area contributed by atoms with Crippen LogP contribution in [0, 0.1) is 0 Å². The summed E-state index contributed by atoms with van der Waals surface area (Å²) in [6.07, 6.45) is 1.98. The Kier molecular flexibility index (Phi) is 7.38. The van der Waals surface area contributed by atoms with E-state index in [2.05, 4.69) is 31.4 Å². The molecule has 0 unspecified atom stereocenters. The van der Waals surface area contributed by atoms with Gasteiger partial charge < -0.3 is 14.9 Å². The van der Waals surface area contributed by atoms with Crippen molar-refractivity contribution in [3.8, 4) is 0 Å². The molecule has 0 bridgehead atoms. The van der Waals surface area contributed by atoms with Gasteiger partial charge in [0.2, 0.25) is 5.91 Å². The number of aromatic nitrogens is 1. The van der Waals surface area contributed by atoms with Crippen molar-refractivity contribution < 1.29 is 19.2 Å². The predicted molar refractivity (Wildman–Crippen MR) is 140 cm³/mol. The molecule has 186 valence electrons. The van der Waals surface area contributed by atoms with Gasteiger partial charge in [0.05, 0.1) is 12.1 Å².